The first-order valence-electron chi connectivity index (χ1n) is 7.39. The summed E-state index contributed by atoms with van der Waals surface area (Å²) < 4.78 is 13.7. The number of rotatable bonds is 1. The number of piperidine rings is 1. The molecular formula is C16H19BrFNO. The average molecular weight is 340 g/mol. The Balaban J connectivity index is 1.74. The third-order valence-electron chi connectivity index (χ3n) is 4.74. The summed E-state index contributed by atoms with van der Waals surface area (Å²) in [5, 5.41) is 0. The molecule has 0 spiro atoms. The van der Waals surface area contributed by atoms with E-state index in [4.69, 9.17) is 0 Å². The standard InChI is InChI=1S/C16H19BrFNO/c17-15-9-13(18)5-6-14(15)16(20)19-8-7-11-3-1-2-4-12(11)10-19/h5-6,9,11-12H,1-4,7-8,10H2. The van der Waals surface area contributed by atoms with Crippen LogP contribution in [0.1, 0.15) is 42.5 Å². The smallest absolute Gasteiger partial charge is 0.255 e. The van der Waals surface area contributed by atoms with Crippen molar-refractivity contribution in [3.8, 4) is 0 Å². The minimum absolute atomic E-state index is 0.0286. The van der Waals surface area contributed by atoms with E-state index in [1.807, 2.05) is 4.90 Å². The molecule has 3 rings (SSSR count). The molecule has 0 N–H and O–H groups in total. The number of fused-ring (bicyclic) bond motifs is 1. The predicted molar refractivity (Wildman–Crippen MR) is 80.1 cm³/mol. The van der Waals surface area contributed by atoms with Crippen molar-refractivity contribution >= 4 is 21.8 Å². The van der Waals surface area contributed by atoms with Crippen molar-refractivity contribution < 1.29 is 9.18 Å². The molecule has 1 saturated heterocycles. The first kappa shape index (κ1) is 14.1. The third kappa shape index (κ3) is 2.76. The van der Waals surface area contributed by atoms with Crippen LogP contribution in [0.5, 0.6) is 0 Å². The maximum Gasteiger partial charge on any atom is 0.255 e. The van der Waals surface area contributed by atoms with Crippen LogP contribution in [-0.2, 0) is 0 Å². The predicted octanol–water partition coefficient (Wildman–Crippen LogP) is 4.24. The van der Waals surface area contributed by atoms with Gasteiger partial charge in [0.25, 0.3) is 5.91 Å². The fourth-order valence-corrected chi connectivity index (χ4v) is 4.14. The Kier molecular flexibility index (Phi) is 4.11. The SMILES string of the molecule is O=C(c1ccc(F)cc1Br)N1CCC2CCCCC2C1. The largest absolute Gasteiger partial charge is 0.338 e. The van der Waals surface area contributed by atoms with Crippen LogP contribution in [0.15, 0.2) is 22.7 Å². The molecule has 1 aromatic rings. The number of likely N-dealkylation sites (tertiary alicyclic amines) is 1. The lowest BCUT2D eigenvalue weighted by Gasteiger charge is -2.41. The van der Waals surface area contributed by atoms with Crippen LogP contribution in [0, 0.1) is 17.7 Å². The fraction of sp³-hybridized carbons (Fsp3) is 0.562. The Hall–Kier alpha value is -0.900. The molecule has 2 fully saturated rings. The van der Waals surface area contributed by atoms with E-state index in [1.54, 1.807) is 6.07 Å². The Morgan fingerprint density at radius 2 is 1.95 bits per heavy atom. The van der Waals surface area contributed by atoms with Gasteiger partial charge in [-0.1, -0.05) is 19.3 Å². The second kappa shape index (κ2) is 5.84. The monoisotopic (exact) mass is 339 g/mol. The minimum atomic E-state index is -0.320. The maximum absolute atomic E-state index is 13.1. The Bertz CT molecular complexity index is 519. The van der Waals surface area contributed by atoms with E-state index in [0.717, 1.165) is 25.4 Å². The van der Waals surface area contributed by atoms with Crippen LogP contribution in [0.3, 0.4) is 0 Å². The molecule has 1 aromatic carbocycles. The summed E-state index contributed by atoms with van der Waals surface area (Å²) in [7, 11) is 0. The van der Waals surface area contributed by atoms with Gasteiger partial charge in [-0.2, -0.15) is 0 Å². The molecule has 108 valence electrons. The molecule has 1 aliphatic heterocycles. The third-order valence-corrected chi connectivity index (χ3v) is 5.40. The van der Waals surface area contributed by atoms with Gasteiger partial charge in [0.2, 0.25) is 0 Å². The first-order chi connectivity index (χ1) is 9.65. The zero-order valence-electron chi connectivity index (χ0n) is 11.4. The molecular weight excluding hydrogens is 321 g/mol. The molecule has 4 heteroatoms. The fourth-order valence-electron chi connectivity index (χ4n) is 3.62. The lowest BCUT2D eigenvalue weighted by Crippen LogP contribution is -2.44. The highest BCUT2D eigenvalue weighted by molar-refractivity contribution is 9.10. The van der Waals surface area contributed by atoms with E-state index < -0.39 is 0 Å². The molecule has 20 heavy (non-hydrogen) atoms. The Morgan fingerprint density at radius 1 is 1.20 bits per heavy atom. The van der Waals surface area contributed by atoms with Gasteiger partial charge in [-0.15, -0.1) is 0 Å². The number of hydrogen-bond acceptors (Lipinski definition) is 1. The lowest BCUT2D eigenvalue weighted by molar-refractivity contribution is 0.0520. The highest BCUT2D eigenvalue weighted by Crippen LogP contribution is 2.36. The van der Waals surface area contributed by atoms with Gasteiger partial charge >= 0.3 is 0 Å². The summed E-state index contributed by atoms with van der Waals surface area (Å²) in [5.74, 6) is 1.19. The number of halogens is 2. The zero-order chi connectivity index (χ0) is 14.1. The average Bonchev–Trinajstić information content (AvgIpc) is 2.46. The number of nitrogens with zero attached hydrogens (tertiary/aromatic N) is 1. The van der Waals surface area contributed by atoms with Gasteiger partial charge in [0, 0.05) is 17.6 Å². The summed E-state index contributed by atoms with van der Waals surface area (Å²) in [6.07, 6.45) is 6.34. The van der Waals surface area contributed by atoms with Crippen LogP contribution >= 0.6 is 15.9 Å². The second-order valence-electron chi connectivity index (χ2n) is 5.97. The van der Waals surface area contributed by atoms with Crippen LogP contribution in [0.25, 0.3) is 0 Å². The molecule has 2 atom stereocenters. The van der Waals surface area contributed by atoms with E-state index in [0.29, 0.717) is 16.0 Å². The van der Waals surface area contributed by atoms with Crippen molar-refractivity contribution in [2.24, 2.45) is 11.8 Å². The van der Waals surface area contributed by atoms with E-state index in [1.165, 1.54) is 37.8 Å². The molecule has 2 nitrogen and oxygen atoms in total. The van der Waals surface area contributed by atoms with Gasteiger partial charge in [0.1, 0.15) is 5.82 Å². The summed E-state index contributed by atoms with van der Waals surface area (Å²) in [6, 6.07) is 4.29. The van der Waals surface area contributed by atoms with Crippen molar-refractivity contribution in [2.75, 3.05) is 13.1 Å². The van der Waals surface area contributed by atoms with E-state index in [-0.39, 0.29) is 11.7 Å². The zero-order valence-corrected chi connectivity index (χ0v) is 13.0. The number of carbonyl (C=O) groups excluding carboxylic acids is 1. The second-order valence-corrected chi connectivity index (χ2v) is 6.82. The molecule has 0 bridgehead atoms. The number of amides is 1. The molecule has 1 aliphatic carbocycles. The van der Waals surface area contributed by atoms with E-state index in [9.17, 15) is 9.18 Å². The summed E-state index contributed by atoms with van der Waals surface area (Å²) in [4.78, 5) is 14.5. The van der Waals surface area contributed by atoms with Crippen molar-refractivity contribution in [1.29, 1.82) is 0 Å². The highest BCUT2D eigenvalue weighted by atomic mass is 79.9. The molecule has 2 aliphatic rings. The lowest BCUT2D eigenvalue weighted by atomic mass is 9.75. The highest BCUT2D eigenvalue weighted by Gasteiger charge is 2.33. The van der Waals surface area contributed by atoms with Gasteiger partial charge in [-0.3, -0.25) is 4.79 Å². The van der Waals surface area contributed by atoms with Gasteiger partial charge in [0.15, 0.2) is 0 Å². The molecule has 0 aromatic heterocycles. The molecule has 1 amide bonds. The summed E-state index contributed by atoms with van der Waals surface area (Å²) in [5.41, 5.74) is 0.570. The van der Waals surface area contributed by atoms with Gasteiger partial charge in [0.05, 0.1) is 5.56 Å². The van der Waals surface area contributed by atoms with Crippen LogP contribution in [0.4, 0.5) is 4.39 Å². The summed E-state index contributed by atoms with van der Waals surface area (Å²) in [6.45, 7) is 1.71. The van der Waals surface area contributed by atoms with Crippen molar-refractivity contribution in [3.63, 3.8) is 0 Å². The maximum atomic E-state index is 13.1. The number of hydrogen-bond donors (Lipinski definition) is 0. The molecule has 1 heterocycles. The topological polar surface area (TPSA) is 20.3 Å². The molecule has 2 unspecified atom stereocenters. The number of carbonyl (C=O) groups is 1. The van der Waals surface area contributed by atoms with E-state index in [2.05, 4.69) is 15.9 Å². The van der Waals surface area contributed by atoms with Crippen molar-refractivity contribution in [1.82, 2.24) is 4.90 Å². The molecule has 0 radical (unpaired) electrons. The summed E-state index contributed by atoms with van der Waals surface area (Å²) >= 11 is 3.30. The van der Waals surface area contributed by atoms with Crippen LogP contribution in [0.2, 0.25) is 0 Å². The minimum Gasteiger partial charge on any atom is -0.338 e. The quantitative estimate of drug-likeness (QED) is 0.749. The van der Waals surface area contributed by atoms with Gasteiger partial charge in [-0.05, 0) is 58.8 Å². The van der Waals surface area contributed by atoms with Gasteiger partial charge in [-0.25, -0.2) is 4.39 Å². The number of benzene rings is 1. The molecule has 1 saturated carbocycles. The van der Waals surface area contributed by atoms with Crippen LogP contribution in [-0.4, -0.2) is 23.9 Å². The van der Waals surface area contributed by atoms with Crippen LogP contribution < -0.4 is 0 Å². The van der Waals surface area contributed by atoms with Crippen molar-refractivity contribution in [3.05, 3.63) is 34.1 Å². The normalized spacial score (nSPS) is 26.2. The van der Waals surface area contributed by atoms with Crippen molar-refractivity contribution in [2.45, 2.75) is 32.1 Å². The van der Waals surface area contributed by atoms with Gasteiger partial charge < -0.3 is 4.90 Å². The van der Waals surface area contributed by atoms with E-state index >= 15 is 0 Å². The Labute approximate surface area is 127 Å². The first-order valence-corrected chi connectivity index (χ1v) is 8.19. The Morgan fingerprint density at radius 3 is 2.70 bits per heavy atom.